The molecule has 3 aromatic carbocycles. The zero-order valence-electron chi connectivity index (χ0n) is 11.8. The summed E-state index contributed by atoms with van der Waals surface area (Å²) in [5.41, 5.74) is 1.28. The van der Waals surface area contributed by atoms with Crippen LogP contribution in [0.2, 0.25) is 0 Å². The second-order valence-electron chi connectivity index (χ2n) is 4.77. The standard InChI is InChI=1S/C8H7.2C6H5.Sb/c1-2-8-6-4-3-5-7-8;2*1-2-4-6-5-3-1;/h1-7H;2*1-5H;. The quantitative estimate of drug-likeness (QED) is 0.609. The van der Waals surface area contributed by atoms with Crippen LogP contribution in [0.25, 0.3) is 6.08 Å². The number of rotatable bonds is 4. The van der Waals surface area contributed by atoms with E-state index < -0.39 is 20.2 Å². The minimum absolute atomic E-state index is 1.28. The predicted molar refractivity (Wildman–Crippen MR) is 93.4 cm³/mol. The van der Waals surface area contributed by atoms with Gasteiger partial charge in [-0.3, -0.25) is 0 Å². The van der Waals surface area contributed by atoms with Gasteiger partial charge in [0.2, 0.25) is 0 Å². The molecule has 0 aromatic heterocycles. The van der Waals surface area contributed by atoms with Gasteiger partial charge in [0.05, 0.1) is 0 Å². The van der Waals surface area contributed by atoms with E-state index in [4.69, 9.17) is 0 Å². The van der Waals surface area contributed by atoms with Gasteiger partial charge in [0.1, 0.15) is 0 Å². The van der Waals surface area contributed by atoms with Crippen LogP contribution in [-0.2, 0) is 0 Å². The Balaban J connectivity index is 1.96. The molecule has 0 aliphatic heterocycles. The van der Waals surface area contributed by atoms with Gasteiger partial charge in [0, 0.05) is 0 Å². The van der Waals surface area contributed by atoms with Gasteiger partial charge in [-0.25, -0.2) is 0 Å². The van der Waals surface area contributed by atoms with E-state index in [0.717, 1.165) is 0 Å². The predicted octanol–water partition coefficient (Wildman–Crippen LogP) is 3.55. The van der Waals surface area contributed by atoms with E-state index in [2.05, 4.69) is 101 Å². The molecule has 0 saturated heterocycles. The van der Waals surface area contributed by atoms with Crippen molar-refractivity contribution in [2.45, 2.75) is 0 Å². The van der Waals surface area contributed by atoms with Gasteiger partial charge in [-0.05, 0) is 0 Å². The van der Waals surface area contributed by atoms with Gasteiger partial charge < -0.3 is 0 Å². The summed E-state index contributed by atoms with van der Waals surface area (Å²) in [6.45, 7) is 0. The van der Waals surface area contributed by atoms with Crippen molar-refractivity contribution in [3.8, 4) is 0 Å². The molecular weight excluding hydrogens is 362 g/mol. The Hall–Kier alpha value is -1.78. The van der Waals surface area contributed by atoms with Gasteiger partial charge >= 0.3 is 134 Å². The molecule has 0 heterocycles. The van der Waals surface area contributed by atoms with Gasteiger partial charge in [-0.15, -0.1) is 0 Å². The van der Waals surface area contributed by atoms with Gasteiger partial charge in [0.25, 0.3) is 0 Å². The van der Waals surface area contributed by atoms with Gasteiger partial charge in [-0.1, -0.05) is 0 Å². The normalized spacial score (nSPS) is 11.1. The Labute approximate surface area is 133 Å². The zero-order valence-corrected chi connectivity index (χ0v) is 14.3. The second kappa shape index (κ2) is 7.29. The molecule has 3 aromatic rings. The van der Waals surface area contributed by atoms with E-state index in [-0.39, 0.29) is 0 Å². The molecule has 1 heteroatoms. The third-order valence-electron chi connectivity index (χ3n) is 3.28. The fourth-order valence-corrected chi connectivity index (χ4v) is 7.79. The third-order valence-corrected chi connectivity index (χ3v) is 9.44. The maximum absolute atomic E-state index is 2.46. The molecule has 102 valence electrons. The first-order chi connectivity index (χ1) is 10.4. The van der Waals surface area contributed by atoms with Crippen molar-refractivity contribution in [3.05, 3.63) is 101 Å². The SMILES string of the molecule is C(=[CH][Sb]([c]1ccccc1)[c]1ccccc1)c1ccccc1. The molecule has 0 aliphatic rings. The maximum atomic E-state index is 2.46. The van der Waals surface area contributed by atoms with E-state index in [0.29, 0.717) is 0 Å². The van der Waals surface area contributed by atoms with Crippen LogP contribution in [-0.4, -0.2) is 20.2 Å². The van der Waals surface area contributed by atoms with Crippen LogP contribution >= 0.6 is 0 Å². The monoisotopic (exact) mass is 378 g/mol. The van der Waals surface area contributed by atoms with Crippen LogP contribution in [0.1, 0.15) is 5.56 Å². The fourth-order valence-electron chi connectivity index (χ4n) is 2.22. The zero-order chi connectivity index (χ0) is 14.3. The Morgan fingerprint density at radius 1 is 0.524 bits per heavy atom. The van der Waals surface area contributed by atoms with E-state index in [1.54, 1.807) is 0 Å². The summed E-state index contributed by atoms with van der Waals surface area (Å²) in [6.07, 6.45) is 2.28. The topological polar surface area (TPSA) is 0 Å². The van der Waals surface area contributed by atoms with Crippen LogP contribution in [0, 0.1) is 0 Å². The fraction of sp³-hybridized carbons (Fsp3) is 0. The molecule has 0 nitrogen and oxygen atoms in total. The Morgan fingerprint density at radius 3 is 1.43 bits per heavy atom. The van der Waals surface area contributed by atoms with Gasteiger partial charge in [-0.2, -0.15) is 0 Å². The first-order valence-corrected chi connectivity index (χ1v) is 11.1. The van der Waals surface area contributed by atoms with E-state index in [1.165, 1.54) is 12.6 Å². The average Bonchev–Trinajstić information content (AvgIpc) is 2.58. The molecule has 0 N–H and O–H groups in total. The summed E-state index contributed by atoms with van der Waals surface area (Å²) in [5, 5.41) is 0. The van der Waals surface area contributed by atoms with E-state index >= 15 is 0 Å². The van der Waals surface area contributed by atoms with Crippen molar-refractivity contribution in [1.29, 1.82) is 0 Å². The molecule has 0 radical (unpaired) electrons. The third kappa shape index (κ3) is 3.86. The first-order valence-electron chi connectivity index (χ1n) is 7.06. The van der Waals surface area contributed by atoms with E-state index in [1.807, 2.05) is 0 Å². The summed E-state index contributed by atoms with van der Waals surface area (Å²) in [5.74, 6) is 0. The van der Waals surface area contributed by atoms with Crippen LogP contribution < -0.4 is 7.02 Å². The Bertz CT molecular complexity index is 648. The van der Waals surface area contributed by atoms with Crippen molar-refractivity contribution >= 4 is 33.3 Å². The summed E-state index contributed by atoms with van der Waals surface area (Å²) >= 11 is -1.81. The number of hydrogen-bond acceptors (Lipinski definition) is 0. The minimum atomic E-state index is -1.81. The van der Waals surface area contributed by atoms with Gasteiger partial charge in [0.15, 0.2) is 0 Å². The summed E-state index contributed by atoms with van der Waals surface area (Å²) in [7, 11) is 0. The van der Waals surface area contributed by atoms with Crippen molar-refractivity contribution in [3.63, 3.8) is 0 Å². The van der Waals surface area contributed by atoms with Crippen molar-refractivity contribution in [2.24, 2.45) is 0 Å². The van der Waals surface area contributed by atoms with Crippen molar-refractivity contribution < 1.29 is 0 Å². The second-order valence-corrected chi connectivity index (χ2v) is 10.7. The van der Waals surface area contributed by atoms with Crippen LogP contribution in [0.3, 0.4) is 0 Å². The van der Waals surface area contributed by atoms with Crippen LogP contribution in [0.5, 0.6) is 0 Å². The number of benzene rings is 3. The molecule has 0 saturated carbocycles. The molecule has 0 unspecified atom stereocenters. The van der Waals surface area contributed by atoms with Crippen molar-refractivity contribution in [1.82, 2.24) is 0 Å². The van der Waals surface area contributed by atoms with Crippen LogP contribution in [0.15, 0.2) is 95.0 Å². The van der Waals surface area contributed by atoms with Crippen LogP contribution in [0.4, 0.5) is 0 Å². The first kappa shape index (κ1) is 14.2. The molecule has 0 fully saturated rings. The molecule has 0 amide bonds. The molecule has 0 bridgehead atoms. The number of hydrogen-bond donors (Lipinski definition) is 0. The summed E-state index contributed by atoms with van der Waals surface area (Å²) in [4.78, 5) is 0. The van der Waals surface area contributed by atoms with E-state index in [9.17, 15) is 0 Å². The molecular formula is C20H17Sb. The molecule has 3 rings (SSSR count). The molecule has 0 aliphatic carbocycles. The molecule has 0 spiro atoms. The van der Waals surface area contributed by atoms with Crippen molar-refractivity contribution in [2.75, 3.05) is 0 Å². The average molecular weight is 379 g/mol. The molecule has 21 heavy (non-hydrogen) atoms. The summed E-state index contributed by atoms with van der Waals surface area (Å²) < 4.78 is 5.46. The Morgan fingerprint density at radius 2 is 0.952 bits per heavy atom. The summed E-state index contributed by atoms with van der Waals surface area (Å²) in [6, 6.07) is 32.4. The Kier molecular flexibility index (Phi) is 4.92. The molecule has 0 atom stereocenters.